The fraction of sp³-hybridized carbons (Fsp3) is 0.520. The van der Waals surface area contributed by atoms with E-state index in [1.807, 2.05) is 6.92 Å². The molecule has 1 atom stereocenters. The normalized spacial score (nSPS) is 15.7. The molecule has 164 valence electrons. The van der Waals surface area contributed by atoms with Gasteiger partial charge in [-0.15, -0.1) is 0 Å². The summed E-state index contributed by atoms with van der Waals surface area (Å²) in [5.74, 6) is 2.59. The molecule has 0 spiro atoms. The molecule has 5 nitrogen and oxygen atoms in total. The van der Waals surface area contributed by atoms with E-state index < -0.39 is 0 Å². The highest BCUT2D eigenvalue weighted by Crippen LogP contribution is 2.39. The molecule has 0 amide bonds. The van der Waals surface area contributed by atoms with Crippen molar-refractivity contribution in [1.29, 1.82) is 0 Å². The maximum Gasteiger partial charge on any atom is 0.161 e. The average molecular weight is 413 g/mol. The zero-order valence-corrected chi connectivity index (χ0v) is 19.1. The summed E-state index contributed by atoms with van der Waals surface area (Å²) < 4.78 is 17.5. The minimum atomic E-state index is 0.148. The largest absolute Gasteiger partial charge is 0.494 e. The van der Waals surface area contributed by atoms with E-state index >= 15 is 0 Å². The second kappa shape index (κ2) is 10.7. The first-order valence-electron chi connectivity index (χ1n) is 11.0. The summed E-state index contributed by atoms with van der Waals surface area (Å²) in [6.45, 7) is 7.53. The molecule has 1 heterocycles. The highest BCUT2D eigenvalue weighted by molar-refractivity contribution is 5.53. The molecular weight excluding hydrogens is 376 g/mol. The van der Waals surface area contributed by atoms with Crippen LogP contribution in [-0.2, 0) is 12.8 Å². The van der Waals surface area contributed by atoms with Gasteiger partial charge in [-0.1, -0.05) is 13.0 Å². The molecule has 0 aromatic heterocycles. The molecule has 2 aromatic rings. The van der Waals surface area contributed by atoms with E-state index in [4.69, 9.17) is 14.2 Å². The first-order valence-corrected chi connectivity index (χ1v) is 11.0. The van der Waals surface area contributed by atoms with E-state index in [-0.39, 0.29) is 6.04 Å². The van der Waals surface area contributed by atoms with Gasteiger partial charge in [0.25, 0.3) is 0 Å². The van der Waals surface area contributed by atoms with Crippen LogP contribution in [0.15, 0.2) is 30.3 Å². The van der Waals surface area contributed by atoms with Gasteiger partial charge in [0, 0.05) is 13.1 Å². The van der Waals surface area contributed by atoms with Crippen LogP contribution in [0.25, 0.3) is 0 Å². The van der Waals surface area contributed by atoms with Gasteiger partial charge in [0.05, 0.1) is 26.4 Å². The van der Waals surface area contributed by atoms with E-state index in [2.05, 4.69) is 61.6 Å². The Balaban J connectivity index is 1.91. The molecule has 2 aromatic carbocycles. The lowest BCUT2D eigenvalue weighted by Gasteiger charge is -2.30. The maximum atomic E-state index is 6.14. The van der Waals surface area contributed by atoms with Crippen molar-refractivity contribution < 1.29 is 14.2 Å². The molecule has 1 aliphatic heterocycles. The van der Waals surface area contributed by atoms with Gasteiger partial charge >= 0.3 is 0 Å². The van der Waals surface area contributed by atoms with Crippen molar-refractivity contribution in [2.24, 2.45) is 0 Å². The summed E-state index contributed by atoms with van der Waals surface area (Å²) in [5.41, 5.74) is 5.23. The third-order valence-corrected chi connectivity index (χ3v) is 5.60. The number of ether oxygens (including phenoxy) is 3. The monoisotopic (exact) mass is 412 g/mol. The Kier molecular flexibility index (Phi) is 8.00. The summed E-state index contributed by atoms with van der Waals surface area (Å²) in [4.78, 5) is 2.17. The van der Waals surface area contributed by atoms with Gasteiger partial charge in [0.15, 0.2) is 11.5 Å². The number of aryl methyl sites for hydroxylation is 1. The Labute approximate surface area is 181 Å². The number of rotatable bonds is 10. The van der Waals surface area contributed by atoms with E-state index in [9.17, 15) is 0 Å². The minimum Gasteiger partial charge on any atom is -0.494 e. The first-order chi connectivity index (χ1) is 14.6. The van der Waals surface area contributed by atoms with Crippen LogP contribution in [0, 0.1) is 0 Å². The van der Waals surface area contributed by atoms with Crippen LogP contribution in [0.3, 0.4) is 0 Å². The van der Waals surface area contributed by atoms with Crippen molar-refractivity contribution in [1.82, 2.24) is 10.2 Å². The van der Waals surface area contributed by atoms with Gasteiger partial charge in [0.1, 0.15) is 5.75 Å². The smallest absolute Gasteiger partial charge is 0.161 e. The Morgan fingerprint density at radius 3 is 2.57 bits per heavy atom. The second-order valence-corrected chi connectivity index (χ2v) is 7.99. The van der Waals surface area contributed by atoms with Gasteiger partial charge in [-0.3, -0.25) is 0 Å². The highest BCUT2D eigenvalue weighted by Gasteiger charge is 2.25. The third kappa shape index (κ3) is 5.27. The molecular formula is C25H36N2O3. The van der Waals surface area contributed by atoms with Crippen LogP contribution < -0.4 is 19.5 Å². The van der Waals surface area contributed by atoms with Crippen LogP contribution in [0.5, 0.6) is 17.2 Å². The quantitative estimate of drug-likeness (QED) is 0.592. The zero-order valence-electron chi connectivity index (χ0n) is 19.1. The Hall–Kier alpha value is -2.24. The molecule has 1 N–H and O–H groups in total. The van der Waals surface area contributed by atoms with Crippen LogP contribution in [0.4, 0.5) is 0 Å². The Morgan fingerprint density at radius 1 is 1.03 bits per heavy atom. The van der Waals surface area contributed by atoms with Crippen molar-refractivity contribution in [2.45, 2.75) is 39.2 Å². The minimum absolute atomic E-state index is 0.148. The summed E-state index contributed by atoms with van der Waals surface area (Å²) >= 11 is 0. The molecule has 1 aliphatic rings. The van der Waals surface area contributed by atoms with Crippen molar-refractivity contribution in [3.05, 3.63) is 52.6 Å². The lowest BCUT2D eigenvalue weighted by Crippen LogP contribution is -2.31. The van der Waals surface area contributed by atoms with Crippen molar-refractivity contribution >= 4 is 0 Å². The predicted molar refractivity (Wildman–Crippen MR) is 122 cm³/mol. The number of hydrogen-bond donors (Lipinski definition) is 1. The topological polar surface area (TPSA) is 43.0 Å². The van der Waals surface area contributed by atoms with Gasteiger partial charge in [-0.05, 0) is 86.8 Å². The Morgan fingerprint density at radius 2 is 1.87 bits per heavy atom. The SMILES string of the molecule is CCOc1ccc(C2NCCc3cc(OC)c(OCCCN(C)C)cc32)c(CC)c1. The number of nitrogens with one attached hydrogen (secondary N) is 1. The van der Waals surface area contributed by atoms with Crippen LogP contribution >= 0.6 is 0 Å². The highest BCUT2D eigenvalue weighted by atomic mass is 16.5. The van der Waals surface area contributed by atoms with Crippen molar-refractivity contribution in [2.75, 3.05) is 47.5 Å². The lowest BCUT2D eigenvalue weighted by atomic mass is 9.86. The predicted octanol–water partition coefficient (Wildman–Crippen LogP) is 4.22. The van der Waals surface area contributed by atoms with E-state index in [1.165, 1.54) is 22.3 Å². The lowest BCUT2D eigenvalue weighted by molar-refractivity contribution is 0.267. The fourth-order valence-corrected chi connectivity index (χ4v) is 4.10. The van der Waals surface area contributed by atoms with E-state index in [0.717, 1.165) is 49.6 Å². The van der Waals surface area contributed by atoms with Crippen LogP contribution in [0.1, 0.15) is 48.6 Å². The second-order valence-electron chi connectivity index (χ2n) is 7.99. The van der Waals surface area contributed by atoms with E-state index in [0.29, 0.717) is 13.2 Å². The number of hydrogen-bond acceptors (Lipinski definition) is 5. The third-order valence-electron chi connectivity index (χ3n) is 5.60. The van der Waals surface area contributed by atoms with Gasteiger partial charge in [0.2, 0.25) is 0 Å². The zero-order chi connectivity index (χ0) is 21.5. The summed E-state index contributed by atoms with van der Waals surface area (Å²) in [6, 6.07) is 10.9. The summed E-state index contributed by atoms with van der Waals surface area (Å²) in [5, 5.41) is 3.72. The molecule has 0 aliphatic carbocycles. The summed E-state index contributed by atoms with van der Waals surface area (Å²) in [7, 11) is 5.88. The standard InChI is InChI=1S/C25H36N2O3/c1-6-18-15-20(29-7-2)9-10-21(18)25-22-17-24(30-14-8-13-27(3)4)23(28-5)16-19(22)11-12-26-25/h9-10,15-17,25-26H,6-8,11-14H2,1-5H3. The molecule has 0 bridgehead atoms. The first kappa shape index (κ1) is 22.4. The van der Waals surface area contributed by atoms with Gasteiger partial charge in [-0.2, -0.15) is 0 Å². The van der Waals surface area contributed by atoms with Crippen LogP contribution in [-0.4, -0.2) is 52.4 Å². The van der Waals surface area contributed by atoms with Gasteiger partial charge < -0.3 is 24.4 Å². The van der Waals surface area contributed by atoms with Crippen molar-refractivity contribution in [3.8, 4) is 17.2 Å². The maximum absolute atomic E-state index is 6.14. The summed E-state index contributed by atoms with van der Waals surface area (Å²) in [6.07, 6.45) is 2.93. The number of nitrogens with zero attached hydrogens (tertiary/aromatic N) is 1. The molecule has 30 heavy (non-hydrogen) atoms. The van der Waals surface area contributed by atoms with Gasteiger partial charge in [-0.25, -0.2) is 0 Å². The molecule has 0 fully saturated rings. The van der Waals surface area contributed by atoms with Crippen molar-refractivity contribution in [3.63, 3.8) is 0 Å². The van der Waals surface area contributed by atoms with Crippen LogP contribution in [0.2, 0.25) is 0 Å². The molecule has 0 saturated heterocycles. The Bertz CT molecular complexity index is 835. The fourth-order valence-electron chi connectivity index (χ4n) is 4.10. The average Bonchev–Trinajstić information content (AvgIpc) is 2.75. The molecule has 0 radical (unpaired) electrons. The number of benzene rings is 2. The molecule has 5 heteroatoms. The molecule has 3 rings (SSSR count). The number of methoxy groups -OCH3 is 1. The number of fused-ring (bicyclic) bond motifs is 1. The van der Waals surface area contributed by atoms with E-state index in [1.54, 1.807) is 7.11 Å². The molecule has 0 saturated carbocycles. The molecule has 1 unspecified atom stereocenters.